The number of hydrogen-bond donors (Lipinski definition) is 0. The highest BCUT2D eigenvalue weighted by Crippen LogP contribution is 2.45. The van der Waals surface area contributed by atoms with E-state index in [-0.39, 0.29) is 11.9 Å². The van der Waals surface area contributed by atoms with Crippen LogP contribution in [-0.2, 0) is 16.1 Å². The van der Waals surface area contributed by atoms with Crippen LogP contribution < -0.4 is 9.64 Å². The third-order valence-electron chi connectivity index (χ3n) is 6.30. The topological polar surface area (TPSA) is 102 Å². The number of ether oxygens (including phenoxy) is 2. The minimum absolute atomic E-state index is 0.0131. The van der Waals surface area contributed by atoms with Gasteiger partial charge in [-0.3, -0.25) is 4.79 Å². The number of aromatic nitrogens is 1. The van der Waals surface area contributed by atoms with Crippen LogP contribution >= 0.6 is 0 Å². The molecule has 8 heteroatoms. The van der Waals surface area contributed by atoms with Gasteiger partial charge in [-0.1, -0.05) is 12.1 Å². The zero-order chi connectivity index (χ0) is 24.1. The fourth-order valence-corrected chi connectivity index (χ4v) is 4.33. The van der Waals surface area contributed by atoms with Crippen LogP contribution in [0, 0.1) is 22.7 Å². The fraction of sp³-hybridized carbons (Fsp3) is 0.462. The summed E-state index contributed by atoms with van der Waals surface area (Å²) in [6.07, 6.45) is 2.48. The van der Waals surface area contributed by atoms with Gasteiger partial charge in [0.25, 0.3) is 0 Å². The Morgan fingerprint density at radius 3 is 2.71 bits per heavy atom. The molecule has 1 amide bonds. The van der Waals surface area contributed by atoms with Crippen molar-refractivity contribution >= 4 is 11.7 Å². The summed E-state index contributed by atoms with van der Waals surface area (Å²) in [7, 11) is 1.60. The van der Waals surface area contributed by atoms with E-state index in [9.17, 15) is 10.1 Å². The number of amides is 1. The highest BCUT2D eigenvalue weighted by atomic mass is 16.5. The lowest BCUT2D eigenvalue weighted by atomic mass is 10.1. The van der Waals surface area contributed by atoms with Gasteiger partial charge in [0, 0.05) is 44.8 Å². The van der Waals surface area contributed by atoms with E-state index in [1.165, 1.54) is 0 Å². The first kappa shape index (κ1) is 23.5. The Bertz CT molecular complexity index is 1130. The molecule has 0 radical (unpaired) electrons. The normalized spacial score (nSPS) is 17.7. The first-order valence-corrected chi connectivity index (χ1v) is 11.6. The smallest absolute Gasteiger partial charge is 0.225 e. The number of rotatable bonds is 8. The first-order chi connectivity index (χ1) is 16.5. The van der Waals surface area contributed by atoms with Crippen LogP contribution in [0.2, 0.25) is 0 Å². The van der Waals surface area contributed by atoms with Crippen LogP contribution in [0.15, 0.2) is 30.3 Å². The zero-order valence-corrected chi connectivity index (χ0v) is 19.7. The third kappa shape index (κ3) is 5.30. The molecule has 2 aromatic rings. The van der Waals surface area contributed by atoms with E-state index in [4.69, 9.17) is 19.7 Å². The van der Waals surface area contributed by atoms with Crippen molar-refractivity contribution in [3.05, 3.63) is 52.7 Å². The van der Waals surface area contributed by atoms with Gasteiger partial charge in [0.15, 0.2) is 0 Å². The highest BCUT2D eigenvalue weighted by molar-refractivity contribution is 5.77. The monoisotopic (exact) mass is 459 g/mol. The van der Waals surface area contributed by atoms with Gasteiger partial charge in [-0.2, -0.15) is 10.5 Å². The van der Waals surface area contributed by atoms with Gasteiger partial charge in [0.1, 0.15) is 24.2 Å². The second-order valence-electron chi connectivity index (χ2n) is 8.85. The molecular formula is C26H29N5O3. The van der Waals surface area contributed by atoms with E-state index in [1.807, 2.05) is 24.0 Å². The number of anilines is 1. The number of carbonyl (C=O) groups excluding carboxylic acids is 1. The molecule has 2 fully saturated rings. The molecule has 0 unspecified atom stereocenters. The Hall–Kier alpha value is -3.62. The molecule has 0 N–H and O–H groups in total. The molecule has 1 atom stereocenters. The Morgan fingerprint density at radius 2 is 2.03 bits per heavy atom. The van der Waals surface area contributed by atoms with Crippen LogP contribution in [0.4, 0.5) is 5.82 Å². The Morgan fingerprint density at radius 1 is 1.21 bits per heavy atom. The van der Waals surface area contributed by atoms with Crippen molar-refractivity contribution in [3.63, 3.8) is 0 Å². The van der Waals surface area contributed by atoms with Gasteiger partial charge in [0.2, 0.25) is 5.91 Å². The average Bonchev–Trinajstić information content (AvgIpc) is 3.71. The Balaban J connectivity index is 1.53. The van der Waals surface area contributed by atoms with Gasteiger partial charge < -0.3 is 19.3 Å². The fourth-order valence-electron chi connectivity index (χ4n) is 4.33. The SMILES string of the molecule is COCCC(=O)N1CCN(c2nc(C3CC3)c(OCc3cccc(C#N)c3)cc2C#N)C[C@H]1C. The van der Waals surface area contributed by atoms with Crippen molar-refractivity contribution in [1.82, 2.24) is 9.88 Å². The number of carbonyl (C=O) groups is 1. The molecule has 1 aromatic heterocycles. The number of nitriles is 2. The molecule has 1 saturated carbocycles. The number of piperazine rings is 1. The molecule has 4 rings (SSSR count). The third-order valence-corrected chi connectivity index (χ3v) is 6.30. The lowest BCUT2D eigenvalue weighted by Crippen LogP contribution is -2.54. The van der Waals surface area contributed by atoms with E-state index in [2.05, 4.69) is 17.0 Å². The van der Waals surface area contributed by atoms with Crippen LogP contribution in [0.1, 0.15) is 54.5 Å². The van der Waals surface area contributed by atoms with Crippen molar-refractivity contribution in [1.29, 1.82) is 10.5 Å². The van der Waals surface area contributed by atoms with Crippen molar-refractivity contribution in [2.45, 2.75) is 44.8 Å². The minimum Gasteiger partial charge on any atom is -0.487 e. The molecule has 34 heavy (non-hydrogen) atoms. The molecule has 1 aliphatic heterocycles. The maximum absolute atomic E-state index is 12.5. The number of pyridine rings is 1. The maximum Gasteiger partial charge on any atom is 0.225 e. The summed E-state index contributed by atoms with van der Waals surface area (Å²) in [4.78, 5) is 21.4. The number of benzene rings is 1. The lowest BCUT2D eigenvalue weighted by molar-refractivity contribution is -0.134. The summed E-state index contributed by atoms with van der Waals surface area (Å²) in [6.45, 7) is 4.57. The van der Waals surface area contributed by atoms with E-state index in [0.717, 1.165) is 24.1 Å². The number of hydrogen-bond acceptors (Lipinski definition) is 7. The summed E-state index contributed by atoms with van der Waals surface area (Å²) in [5.41, 5.74) is 2.84. The van der Waals surface area contributed by atoms with E-state index >= 15 is 0 Å². The summed E-state index contributed by atoms with van der Waals surface area (Å²) in [6, 6.07) is 13.6. The molecule has 0 spiro atoms. The van der Waals surface area contributed by atoms with Gasteiger partial charge in [0.05, 0.1) is 35.9 Å². The summed E-state index contributed by atoms with van der Waals surface area (Å²) >= 11 is 0. The van der Waals surface area contributed by atoms with E-state index in [1.54, 1.807) is 25.3 Å². The van der Waals surface area contributed by atoms with Gasteiger partial charge in [-0.05, 0) is 37.5 Å². The van der Waals surface area contributed by atoms with Gasteiger partial charge in [-0.15, -0.1) is 0 Å². The van der Waals surface area contributed by atoms with Crippen LogP contribution in [0.5, 0.6) is 5.75 Å². The van der Waals surface area contributed by atoms with Crippen LogP contribution in [0.3, 0.4) is 0 Å². The molecule has 1 aromatic carbocycles. The molecule has 2 heterocycles. The number of nitrogens with zero attached hydrogens (tertiary/aromatic N) is 5. The highest BCUT2D eigenvalue weighted by Gasteiger charge is 2.33. The Labute approximate surface area is 200 Å². The number of methoxy groups -OCH3 is 1. The predicted octanol–water partition coefficient (Wildman–Crippen LogP) is 3.35. The molecular weight excluding hydrogens is 430 g/mol. The van der Waals surface area contributed by atoms with Crippen molar-refractivity contribution in [3.8, 4) is 17.9 Å². The second-order valence-corrected chi connectivity index (χ2v) is 8.85. The average molecular weight is 460 g/mol. The molecule has 2 aliphatic rings. The summed E-state index contributed by atoms with van der Waals surface area (Å²) in [5.74, 6) is 1.72. The van der Waals surface area contributed by atoms with Crippen molar-refractivity contribution in [2.24, 2.45) is 0 Å². The van der Waals surface area contributed by atoms with Crippen molar-refractivity contribution in [2.75, 3.05) is 38.3 Å². The van der Waals surface area contributed by atoms with Gasteiger partial charge in [-0.25, -0.2) is 4.98 Å². The predicted molar refractivity (Wildman–Crippen MR) is 126 cm³/mol. The minimum atomic E-state index is 0.0131. The first-order valence-electron chi connectivity index (χ1n) is 11.6. The maximum atomic E-state index is 12.5. The van der Waals surface area contributed by atoms with Gasteiger partial charge >= 0.3 is 0 Å². The molecule has 176 valence electrons. The quantitative estimate of drug-likeness (QED) is 0.596. The van der Waals surface area contributed by atoms with E-state index < -0.39 is 0 Å². The largest absolute Gasteiger partial charge is 0.487 e. The summed E-state index contributed by atoms with van der Waals surface area (Å²) in [5, 5.41) is 19.0. The molecule has 0 bridgehead atoms. The molecule has 1 aliphatic carbocycles. The zero-order valence-electron chi connectivity index (χ0n) is 19.7. The van der Waals surface area contributed by atoms with Crippen LogP contribution in [-0.4, -0.2) is 55.2 Å². The summed E-state index contributed by atoms with van der Waals surface area (Å²) < 4.78 is 11.2. The van der Waals surface area contributed by atoms with Crippen LogP contribution in [0.25, 0.3) is 0 Å². The van der Waals surface area contributed by atoms with E-state index in [0.29, 0.717) is 67.9 Å². The second kappa shape index (κ2) is 10.5. The standard InChI is InChI=1S/C26H29N5O3/c1-18-16-30(9-10-31(18)24(32)8-11-33-2)26-22(15-28)13-23(25(29-26)21-6-7-21)34-17-20-5-3-4-19(12-20)14-27/h3-5,12-13,18,21H,6-11,16-17H2,1-2H3/t18-/m1/s1. The molecule has 1 saturated heterocycles. The Kier molecular flexibility index (Phi) is 7.30. The lowest BCUT2D eigenvalue weighted by Gasteiger charge is -2.40. The van der Waals surface area contributed by atoms with Crippen molar-refractivity contribution < 1.29 is 14.3 Å². The molecule has 8 nitrogen and oxygen atoms in total.